The Labute approximate surface area is 162 Å². The lowest BCUT2D eigenvalue weighted by atomic mass is 9.95. The fraction of sp³-hybridized carbons (Fsp3) is 0.350. The molecule has 0 radical (unpaired) electrons. The van der Waals surface area contributed by atoms with Crippen molar-refractivity contribution in [2.45, 2.75) is 25.8 Å². The van der Waals surface area contributed by atoms with Gasteiger partial charge < -0.3 is 16.4 Å². The summed E-state index contributed by atoms with van der Waals surface area (Å²) in [6.45, 7) is 3.94. The van der Waals surface area contributed by atoms with Gasteiger partial charge in [0, 0.05) is 55.4 Å². The first kappa shape index (κ1) is 17.9. The lowest BCUT2D eigenvalue weighted by Crippen LogP contribution is -2.46. The SMILES string of the molecule is C[C@@H]1C[C@H](N)CN(c2ccncc2CC(=O)c2c(N)sc3cccnc23)C1. The molecule has 1 saturated heterocycles. The number of hydrogen-bond donors (Lipinski definition) is 2. The van der Waals surface area contributed by atoms with E-state index in [1.54, 1.807) is 18.6 Å². The summed E-state index contributed by atoms with van der Waals surface area (Å²) in [6.07, 6.45) is 6.51. The van der Waals surface area contributed by atoms with E-state index in [-0.39, 0.29) is 18.2 Å². The number of fused-ring (bicyclic) bond motifs is 1. The highest BCUT2D eigenvalue weighted by molar-refractivity contribution is 7.23. The summed E-state index contributed by atoms with van der Waals surface area (Å²) >= 11 is 1.40. The molecule has 3 aromatic rings. The van der Waals surface area contributed by atoms with Gasteiger partial charge in [-0.2, -0.15) is 0 Å². The van der Waals surface area contributed by atoms with Gasteiger partial charge in [0.1, 0.15) is 0 Å². The number of hydrogen-bond acceptors (Lipinski definition) is 7. The fourth-order valence-corrected chi connectivity index (χ4v) is 4.89. The number of aromatic nitrogens is 2. The number of carbonyl (C=O) groups excluding carboxylic acids is 1. The van der Waals surface area contributed by atoms with Crippen molar-refractivity contribution in [3.63, 3.8) is 0 Å². The standard InChI is InChI=1S/C20H23N5OS/c1-12-7-14(21)11-25(10-12)15-4-6-23-9-13(15)8-16(26)18-19-17(27-20(18)22)3-2-5-24-19/h2-6,9,12,14H,7-8,10-11,21-22H2,1H3/t12-,14+/m1/s1. The first-order valence-electron chi connectivity index (χ1n) is 9.12. The molecule has 2 atom stereocenters. The van der Waals surface area contributed by atoms with Crippen LogP contribution in [-0.4, -0.2) is 34.9 Å². The van der Waals surface area contributed by atoms with E-state index in [1.807, 2.05) is 18.2 Å². The van der Waals surface area contributed by atoms with E-state index < -0.39 is 0 Å². The fourth-order valence-electron chi connectivity index (χ4n) is 3.94. The van der Waals surface area contributed by atoms with Crippen LogP contribution >= 0.6 is 11.3 Å². The first-order chi connectivity index (χ1) is 13.0. The maximum atomic E-state index is 13.1. The molecule has 0 aromatic carbocycles. The van der Waals surface area contributed by atoms with E-state index in [2.05, 4.69) is 21.8 Å². The minimum atomic E-state index is -0.0268. The van der Waals surface area contributed by atoms with Gasteiger partial charge in [0.25, 0.3) is 0 Å². The quantitative estimate of drug-likeness (QED) is 0.674. The van der Waals surface area contributed by atoms with E-state index in [4.69, 9.17) is 11.5 Å². The third-order valence-electron chi connectivity index (χ3n) is 5.01. The van der Waals surface area contributed by atoms with E-state index in [0.717, 1.165) is 35.5 Å². The number of rotatable bonds is 4. The summed E-state index contributed by atoms with van der Waals surface area (Å²) in [7, 11) is 0. The number of ketones is 1. The Morgan fingerprint density at radius 1 is 1.33 bits per heavy atom. The molecule has 0 bridgehead atoms. The maximum absolute atomic E-state index is 13.1. The Balaban J connectivity index is 1.65. The normalized spacial score (nSPS) is 20.1. The molecule has 0 unspecified atom stereocenters. The molecule has 1 aliphatic heterocycles. The molecule has 27 heavy (non-hydrogen) atoms. The van der Waals surface area contributed by atoms with Crippen molar-refractivity contribution in [1.82, 2.24) is 9.97 Å². The third-order valence-corrected chi connectivity index (χ3v) is 5.99. The molecule has 1 aliphatic rings. The average molecular weight is 382 g/mol. The van der Waals surface area contributed by atoms with Gasteiger partial charge in [0.15, 0.2) is 5.78 Å². The van der Waals surface area contributed by atoms with Crippen LogP contribution in [0.5, 0.6) is 0 Å². The van der Waals surface area contributed by atoms with Gasteiger partial charge in [0.2, 0.25) is 0 Å². The number of nitrogens with zero attached hydrogens (tertiary/aromatic N) is 3. The molecule has 4 rings (SSSR count). The molecule has 1 fully saturated rings. The highest BCUT2D eigenvalue weighted by Crippen LogP contribution is 2.34. The Morgan fingerprint density at radius 3 is 3.00 bits per heavy atom. The Kier molecular flexibility index (Phi) is 4.80. The summed E-state index contributed by atoms with van der Waals surface area (Å²) in [4.78, 5) is 24.0. The summed E-state index contributed by atoms with van der Waals surface area (Å²) in [5.41, 5.74) is 15.5. The number of carbonyl (C=O) groups is 1. The van der Waals surface area contributed by atoms with E-state index in [1.165, 1.54) is 11.3 Å². The van der Waals surface area contributed by atoms with Gasteiger partial charge in [-0.25, -0.2) is 0 Å². The van der Waals surface area contributed by atoms with Gasteiger partial charge in [-0.05, 0) is 30.5 Å². The van der Waals surface area contributed by atoms with Crippen LogP contribution in [0.4, 0.5) is 10.7 Å². The molecular weight excluding hydrogens is 358 g/mol. The second-order valence-electron chi connectivity index (χ2n) is 7.30. The average Bonchev–Trinajstić information content (AvgIpc) is 2.97. The second kappa shape index (κ2) is 7.25. The van der Waals surface area contributed by atoms with Crippen LogP contribution in [0.3, 0.4) is 0 Å². The van der Waals surface area contributed by atoms with Crippen molar-refractivity contribution >= 4 is 38.0 Å². The molecule has 0 spiro atoms. The number of piperidine rings is 1. The minimum Gasteiger partial charge on any atom is -0.390 e. The summed E-state index contributed by atoms with van der Waals surface area (Å²) in [6, 6.07) is 5.91. The van der Waals surface area contributed by atoms with Crippen LogP contribution in [-0.2, 0) is 6.42 Å². The van der Waals surface area contributed by atoms with Gasteiger partial charge in [-0.1, -0.05) is 6.92 Å². The van der Waals surface area contributed by atoms with E-state index in [0.29, 0.717) is 22.0 Å². The van der Waals surface area contributed by atoms with Crippen molar-refractivity contribution in [2.75, 3.05) is 23.7 Å². The van der Waals surface area contributed by atoms with Crippen LogP contribution in [0.1, 0.15) is 29.3 Å². The third kappa shape index (κ3) is 3.52. The lowest BCUT2D eigenvalue weighted by Gasteiger charge is -2.37. The lowest BCUT2D eigenvalue weighted by molar-refractivity contribution is 0.0995. The minimum absolute atomic E-state index is 0.0268. The number of thiophene rings is 1. The van der Waals surface area contributed by atoms with Crippen LogP contribution in [0.2, 0.25) is 0 Å². The Hall–Kier alpha value is -2.51. The second-order valence-corrected chi connectivity index (χ2v) is 8.39. The van der Waals surface area contributed by atoms with Crippen LogP contribution < -0.4 is 16.4 Å². The highest BCUT2D eigenvalue weighted by atomic mass is 32.1. The van der Waals surface area contributed by atoms with Gasteiger partial charge in [-0.15, -0.1) is 11.3 Å². The van der Waals surface area contributed by atoms with Gasteiger partial charge >= 0.3 is 0 Å². The number of nitrogen functional groups attached to an aromatic ring is 1. The molecule has 6 nitrogen and oxygen atoms in total. The monoisotopic (exact) mass is 381 g/mol. The smallest absolute Gasteiger partial charge is 0.172 e. The van der Waals surface area contributed by atoms with Crippen LogP contribution in [0, 0.1) is 5.92 Å². The molecule has 4 heterocycles. The number of pyridine rings is 2. The van der Waals surface area contributed by atoms with Crippen LogP contribution in [0.15, 0.2) is 36.8 Å². The number of nitrogens with two attached hydrogens (primary N) is 2. The van der Waals surface area contributed by atoms with Crippen molar-refractivity contribution in [2.24, 2.45) is 11.7 Å². The topological polar surface area (TPSA) is 98.1 Å². The summed E-state index contributed by atoms with van der Waals surface area (Å²) in [5.74, 6) is 0.493. The van der Waals surface area contributed by atoms with E-state index in [9.17, 15) is 4.79 Å². The molecule has 0 amide bonds. The molecular formula is C20H23N5OS. The Morgan fingerprint density at radius 2 is 2.19 bits per heavy atom. The Bertz CT molecular complexity index is 975. The zero-order valence-corrected chi connectivity index (χ0v) is 16.1. The van der Waals surface area contributed by atoms with Gasteiger partial charge in [0.05, 0.1) is 20.8 Å². The highest BCUT2D eigenvalue weighted by Gasteiger charge is 2.25. The van der Waals surface area contributed by atoms with Crippen LogP contribution in [0.25, 0.3) is 10.2 Å². The maximum Gasteiger partial charge on any atom is 0.172 e. The largest absolute Gasteiger partial charge is 0.390 e. The molecule has 7 heteroatoms. The summed E-state index contributed by atoms with van der Waals surface area (Å²) in [5, 5.41) is 0.521. The van der Waals surface area contributed by atoms with E-state index >= 15 is 0 Å². The molecule has 140 valence electrons. The zero-order valence-electron chi connectivity index (χ0n) is 15.3. The van der Waals surface area contributed by atoms with Crippen molar-refractivity contribution in [1.29, 1.82) is 0 Å². The zero-order chi connectivity index (χ0) is 19.0. The van der Waals surface area contributed by atoms with Gasteiger partial charge in [-0.3, -0.25) is 14.8 Å². The molecule has 4 N–H and O–H groups in total. The number of anilines is 2. The first-order valence-corrected chi connectivity index (χ1v) is 9.94. The van der Waals surface area contributed by atoms with Crippen molar-refractivity contribution in [3.8, 4) is 0 Å². The molecule has 3 aromatic heterocycles. The van der Waals surface area contributed by atoms with Crippen molar-refractivity contribution in [3.05, 3.63) is 47.9 Å². The number of Topliss-reactive ketones (excluding diaryl/α,β-unsaturated/α-hetero) is 1. The summed E-state index contributed by atoms with van der Waals surface area (Å²) < 4.78 is 0.931. The predicted octanol–water partition coefficient (Wildman–Crippen LogP) is 2.87. The molecule has 0 saturated carbocycles. The molecule has 0 aliphatic carbocycles. The predicted molar refractivity (Wildman–Crippen MR) is 110 cm³/mol. The van der Waals surface area contributed by atoms with Crippen molar-refractivity contribution < 1.29 is 4.79 Å².